The lowest BCUT2D eigenvalue weighted by atomic mass is 10.1. The summed E-state index contributed by atoms with van der Waals surface area (Å²) in [5.41, 5.74) is 2.67. The highest BCUT2D eigenvalue weighted by Crippen LogP contribution is 2.32. The van der Waals surface area contributed by atoms with E-state index in [1.54, 1.807) is 36.5 Å². The fourth-order valence-electron chi connectivity index (χ4n) is 2.04. The van der Waals surface area contributed by atoms with Crippen LogP contribution in [0.25, 0.3) is 10.6 Å². The summed E-state index contributed by atoms with van der Waals surface area (Å²) >= 11 is 3.26. The number of anilines is 2. The first-order valence-corrected chi connectivity index (χ1v) is 11.2. The van der Waals surface area contributed by atoms with Crippen LogP contribution in [0.4, 0.5) is 10.9 Å². The number of hydrogen-bond acceptors (Lipinski definition) is 7. The summed E-state index contributed by atoms with van der Waals surface area (Å²) in [6.45, 7) is 13.6. The number of nitrogens with one attached hydrogen (secondary N) is 2. The molecule has 0 aliphatic heterocycles. The molecule has 160 valence electrons. The third kappa shape index (κ3) is 7.93. The molecule has 8 heteroatoms. The van der Waals surface area contributed by atoms with E-state index in [0.717, 1.165) is 37.8 Å². The third-order valence-electron chi connectivity index (χ3n) is 3.57. The van der Waals surface area contributed by atoms with E-state index in [1.165, 1.54) is 0 Å². The van der Waals surface area contributed by atoms with Crippen LogP contribution in [0.2, 0.25) is 0 Å². The van der Waals surface area contributed by atoms with Gasteiger partial charge in [-0.3, -0.25) is 4.79 Å². The van der Waals surface area contributed by atoms with E-state index in [9.17, 15) is 4.79 Å². The van der Waals surface area contributed by atoms with E-state index in [1.807, 2.05) is 52.9 Å². The van der Waals surface area contributed by atoms with Gasteiger partial charge in [0.15, 0.2) is 5.13 Å². The summed E-state index contributed by atoms with van der Waals surface area (Å²) in [4.78, 5) is 24.3. The number of nitrogens with zero attached hydrogens (tertiary/aromatic N) is 3. The van der Waals surface area contributed by atoms with Crippen molar-refractivity contribution in [3.05, 3.63) is 40.0 Å². The number of hydrogen-bond donors (Lipinski definition) is 2. The summed E-state index contributed by atoms with van der Waals surface area (Å²) in [5.74, 6) is 3.21. The van der Waals surface area contributed by atoms with Crippen molar-refractivity contribution < 1.29 is 4.79 Å². The van der Waals surface area contributed by atoms with Gasteiger partial charge >= 0.3 is 0 Å². The van der Waals surface area contributed by atoms with Crippen molar-refractivity contribution >= 4 is 40.0 Å². The molecule has 0 radical (unpaired) electrons. The van der Waals surface area contributed by atoms with Gasteiger partial charge < -0.3 is 10.6 Å². The molecule has 0 atom stereocenters. The Labute approximate surface area is 187 Å². The lowest BCUT2D eigenvalue weighted by molar-refractivity contribution is -0.110. The molecule has 0 aromatic carbocycles. The Morgan fingerprint density at radius 1 is 1.17 bits per heavy atom. The summed E-state index contributed by atoms with van der Waals surface area (Å²) in [5, 5.41) is 9.65. The van der Waals surface area contributed by atoms with E-state index in [4.69, 9.17) is 6.42 Å². The molecule has 3 aromatic heterocycles. The molecule has 1 amide bonds. The van der Waals surface area contributed by atoms with Crippen molar-refractivity contribution in [3.63, 3.8) is 0 Å². The molecule has 3 aromatic rings. The smallest absolute Gasteiger partial charge is 0.208 e. The number of thiazole rings is 2. The van der Waals surface area contributed by atoms with Gasteiger partial charge in [0.25, 0.3) is 0 Å². The van der Waals surface area contributed by atoms with Gasteiger partial charge in [0, 0.05) is 11.6 Å². The molecule has 0 fully saturated rings. The van der Waals surface area contributed by atoms with E-state index in [0.29, 0.717) is 6.41 Å². The standard InChI is InChI=1S/C14H14N4S2.C6H9NO.C2H6/c1-8-4-5-12(15-6-8)18-14-17-11(7-19-14)13-9(2)16-10(3)20-13;1-4-6(2,3)7-5-8;1-2/h4-7H,1-3H3,(H,15,17,18);1,5H,2-3H3,(H,7,8);1-2H3. The molecule has 0 unspecified atom stereocenters. The number of pyridine rings is 1. The van der Waals surface area contributed by atoms with E-state index >= 15 is 0 Å². The first-order valence-electron chi connectivity index (χ1n) is 9.53. The van der Waals surface area contributed by atoms with E-state index in [2.05, 4.69) is 36.9 Å². The van der Waals surface area contributed by atoms with Gasteiger partial charge in [-0.05, 0) is 46.2 Å². The number of aryl methyl sites for hydroxylation is 3. The van der Waals surface area contributed by atoms with Crippen LogP contribution in [-0.4, -0.2) is 26.9 Å². The molecule has 0 bridgehead atoms. The molecule has 0 saturated carbocycles. The van der Waals surface area contributed by atoms with Gasteiger partial charge in [-0.1, -0.05) is 25.8 Å². The summed E-state index contributed by atoms with van der Waals surface area (Å²) in [6, 6.07) is 3.99. The third-order valence-corrected chi connectivity index (χ3v) is 5.42. The first kappa shape index (κ1) is 25.3. The van der Waals surface area contributed by atoms with Crippen molar-refractivity contribution in [1.82, 2.24) is 20.3 Å². The Hall–Kier alpha value is -2.76. The maximum Gasteiger partial charge on any atom is 0.208 e. The molecule has 0 spiro atoms. The van der Waals surface area contributed by atoms with E-state index in [-0.39, 0.29) is 0 Å². The Morgan fingerprint density at radius 3 is 2.33 bits per heavy atom. The molecular formula is C22H29N5OS2. The van der Waals surface area contributed by atoms with Crippen LogP contribution >= 0.6 is 22.7 Å². The zero-order chi connectivity index (χ0) is 22.7. The molecule has 6 nitrogen and oxygen atoms in total. The molecule has 3 rings (SSSR count). The quantitative estimate of drug-likeness (QED) is 0.402. The van der Waals surface area contributed by atoms with Crippen LogP contribution in [0.5, 0.6) is 0 Å². The van der Waals surface area contributed by atoms with E-state index < -0.39 is 5.54 Å². The monoisotopic (exact) mass is 443 g/mol. The predicted octanol–water partition coefficient (Wildman–Crippen LogP) is 5.50. The van der Waals surface area contributed by atoms with Gasteiger partial charge in [-0.25, -0.2) is 15.0 Å². The topological polar surface area (TPSA) is 79.8 Å². The first-order chi connectivity index (χ1) is 14.2. The van der Waals surface area contributed by atoms with Gasteiger partial charge in [0.1, 0.15) is 5.82 Å². The van der Waals surface area contributed by atoms with Crippen LogP contribution in [0.3, 0.4) is 0 Å². The maximum absolute atomic E-state index is 9.77. The average molecular weight is 444 g/mol. The molecule has 30 heavy (non-hydrogen) atoms. The van der Waals surface area contributed by atoms with Crippen LogP contribution < -0.4 is 10.6 Å². The minimum atomic E-state index is -0.498. The number of terminal acetylenes is 1. The highest BCUT2D eigenvalue weighted by atomic mass is 32.1. The molecule has 0 aliphatic rings. The highest BCUT2D eigenvalue weighted by Gasteiger charge is 2.11. The van der Waals surface area contributed by atoms with Gasteiger partial charge in [-0.15, -0.1) is 29.1 Å². The number of carbonyl (C=O) groups excluding carboxylic acids is 1. The Bertz CT molecular complexity index is 968. The fraction of sp³-hybridized carbons (Fsp3) is 0.364. The highest BCUT2D eigenvalue weighted by molar-refractivity contribution is 7.16. The maximum atomic E-state index is 9.77. The van der Waals surface area contributed by atoms with Crippen LogP contribution in [0, 0.1) is 33.1 Å². The second kappa shape index (κ2) is 12.1. The Balaban J connectivity index is 0.000000383. The van der Waals surface area contributed by atoms with Crippen molar-refractivity contribution in [2.45, 2.75) is 54.0 Å². The van der Waals surface area contributed by atoms with Crippen LogP contribution in [0.15, 0.2) is 23.7 Å². The fourth-order valence-corrected chi connectivity index (χ4v) is 3.71. The van der Waals surface area contributed by atoms with Crippen molar-refractivity contribution in [2.75, 3.05) is 5.32 Å². The van der Waals surface area contributed by atoms with Gasteiger partial charge in [0.05, 0.1) is 26.8 Å². The normalized spacial score (nSPS) is 9.93. The predicted molar refractivity (Wildman–Crippen MR) is 128 cm³/mol. The number of amides is 1. The minimum absolute atomic E-state index is 0.498. The van der Waals surface area contributed by atoms with Crippen molar-refractivity contribution in [1.29, 1.82) is 0 Å². The minimum Gasteiger partial charge on any atom is -0.343 e. The summed E-state index contributed by atoms with van der Waals surface area (Å²) < 4.78 is 0. The molecule has 3 heterocycles. The molecular weight excluding hydrogens is 414 g/mol. The average Bonchev–Trinajstić information content (AvgIpc) is 3.31. The van der Waals surface area contributed by atoms with Crippen molar-refractivity contribution in [2.24, 2.45) is 0 Å². The summed E-state index contributed by atoms with van der Waals surface area (Å²) in [6.07, 6.45) is 7.46. The second-order valence-corrected chi connectivity index (χ2v) is 8.62. The zero-order valence-electron chi connectivity index (χ0n) is 18.5. The number of rotatable bonds is 5. The molecule has 2 N–H and O–H groups in total. The SMILES string of the molecule is C#CC(C)(C)NC=O.CC.Cc1ccc(Nc2nc(-c3sc(C)nc3C)cs2)nc1. The van der Waals surface area contributed by atoms with Crippen LogP contribution in [-0.2, 0) is 4.79 Å². The Morgan fingerprint density at radius 2 is 1.87 bits per heavy atom. The van der Waals surface area contributed by atoms with Crippen LogP contribution in [0.1, 0.15) is 44.0 Å². The second-order valence-electron chi connectivity index (χ2n) is 6.56. The number of aromatic nitrogens is 3. The Kier molecular flexibility index (Phi) is 10.2. The van der Waals surface area contributed by atoms with Gasteiger partial charge in [-0.2, -0.15) is 0 Å². The number of carbonyl (C=O) groups is 1. The molecule has 0 aliphatic carbocycles. The molecule has 0 saturated heterocycles. The van der Waals surface area contributed by atoms with Crippen molar-refractivity contribution in [3.8, 4) is 22.9 Å². The zero-order valence-corrected chi connectivity index (χ0v) is 20.2. The lowest BCUT2D eigenvalue weighted by Gasteiger charge is -2.14. The lowest BCUT2D eigenvalue weighted by Crippen LogP contribution is -2.36. The largest absolute Gasteiger partial charge is 0.343 e. The summed E-state index contributed by atoms with van der Waals surface area (Å²) in [7, 11) is 0. The van der Waals surface area contributed by atoms with Gasteiger partial charge in [0.2, 0.25) is 6.41 Å².